The molecule has 1 aromatic carbocycles. The Labute approximate surface area is 102 Å². The maximum atomic E-state index is 6.08. The summed E-state index contributed by atoms with van der Waals surface area (Å²) in [5, 5.41) is 0. The van der Waals surface area contributed by atoms with Crippen LogP contribution >= 0.6 is 0 Å². The van der Waals surface area contributed by atoms with Gasteiger partial charge in [-0.05, 0) is 38.7 Å². The molecule has 1 rings (SSSR count). The molecule has 1 atom stereocenters. The summed E-state index contributed by atoms with van der Waals surface area (Å²) in [6.07, 6.45) is 0.115. The summed E-state index contributed by atoms with van der Waals surface area (Å²) < 4.78 is 12.0. The van der Waals surface area contributed by atoms with Crippen LogP contribution in [0.2, 0.25) is 26.2 Å². The van der Waals surface area contributed by atoms with Crippen molar-refractivity contribution in [3.8, 4) is 0 Å². The fourth-order valence-corrected chi connectivity index (χ4v) is 6.85. The topological polar surface area (TPSA) is 18.5 Å². The third-order valence-corrected chi connectivity index (χ3v) is 6.70. The highest BCUT2D eigenvalue weighted by atomic mass is 28.4. The van der Waals surface area contributed by atoms with Crippen molar-refractivity contribution in [3.05, 3.63) is 35.9 Å². The van der Waals surface area contributed by atoms with Crippen molar-refractivity contribution in [3.63, 3.8) is 0 Å². The van der Waals surface area contributed by atoms with Gasteiger partial charge in [-0.3, -0.25) is 0 Å². The van der Waals surface area contributed by atoms with Crippen molar-refractivity contribution in [2.24, 2.45) is 0 Å². The number of hydrogen-bond donors (Lipinski definition) is 0. The summed E-state index contributed by atoms with van der Waals surface area (Å²) in [5.74, 6) is 0. The van der Waals surface area contributed by atoms with Crippen LogP contribution in [0.25, 0.3) is 0 Å². The molecule has 0 aromatic heterocycles. The fourth-order valence-electron chi connectivity index (χ4n) is 1.73. The Morgan fingerprint density at radius 2 is 1.69 bits per heavy atom. The quantitative estimate of drug-likeness (QED) is 0.744. The maximum Gasteiger partial charge on any atom is 0.321 e. The lowest BCUT2D eigenvalue weighted by Crippen LogP contribution is -2.39. The first-order valence-electron chi connectivity index (χ1n) is 5.62. The Bertz CT molecular complexity index is 312. The van der Waals surface area contributed by atoms with Gasteiger partial charge >= 0.3 is 8.56 Å². The monoisotopic (exact) mass is 253 g/mol. The van der Waals surface area contributed by atoms with Crippen LogP contribution in [-0.2, 0) is 8.54 Å². The highest BCUT2D eigenvalue weighted by molar-refractivity contribution is 6.72. The molecular formula is C12H21O2Si2. The minimum atomic E-state index is -1.97. The molecule has 0 saturated carbocycles. The Hall–Kier alpha value is -0.426. The average Bonchev–Trinajstić information content (AvgIpc) is 2.16. The van der Waals surface area contributed by atoms with Crippen LogP contribution in [0.15, 0.2) is 30.3 Å². The lowest BCUT2D eigenvalue weighted by Gasteiger charge is -2.28. The van der Waals surface area contributed by atoms with E-state index >= 15 is 0 Å². The molecule has 0 aliphatic carbocycles. The molecule has 0 aliphatic heterocycles. The van der Waals surface area contributed by atoms with E-state index in [9.17, 15) is 0 Å². The molecule has 1 unspecified atom stereocenters. The van der Waals surface area contributed by atoms with Crippen molar-refractivity contribution < 1.29 is 8.54 Å². The van der Waals surface area contributed by atoms with E-state index in [-0.39, 0.29) is 6.10 Å². The van der Waals surface area contributed by atoms with Crippen molar-refractivity contribution >= 4 is 17.6 Å². The molecule has 0 saturated heterocycles. The second-order valence-electron chi connectivity index (χ2n) is 4.58. The van der Waals surface area contributed by atoms with Gasteiger partial charge in [0.2, 0.25) is 0 Å². The Morgan fingerprint density at radius 1 is 1.12 bits per heavy atom. The normalized spacial score (nSPS) is 14.1. The van der Waals surface area contributed by atoms with Gasteiger partial charge in [-0.2, -0.15) is 0 Å². The zero-order chi connectivity index (χ0) is 12.2. The summed E-state index contributed by atoms with van der Waals surface area (Å²) in [7, 11) is -2.65. The van der Waals surface area contributed by atoms with Crippen LogP contribution in [-0.4, -0.2) is 17.6 Å². The van der Waals surface area contributed by atoms with Gasteiger partial charge in [-0.15, -0.1) is 0 Å². The Balaban J connectivity index is 2.60. The van der Waals surface area contributed by atoms with E-state index in [1.165, 1.54) is 5.56 Å². The van der Waals surface area contributed by atoms with Gasteiger partial charge in [-0.25, -0.2) is 0 Å². The maximum absolute atomic E-state index is 6.08. The molecule has 2 nitrogen and oxygen atoms in total. The minimum absolute atomic E-state index is 0.115. The summed E-state index contributed by atoms with van der Waals surface area (Å²) in [5.41, 5.74) is 1.22. The van der Waals surface area contributed by atoms with Gasteiger partial charge in [0.25, 0.3) is 0 Å². The van der Waals surface area contributed by atoms with E-state index in [4.69, 9.17) is 8.54 Å². The molecule has 0 fully saturated rings. The van der Waals surface area contributed by atoms with E-state index in [2.05, 4.69) is 45.2 Å². The van der Waals surface area contributed by atoms with E-state index in [0.717, 1.165) is 0 Å². The smallest absolute Gasteiger partial charge is 0.321 e. The van der Waals surface area contributed by atoms with Crippen molar-refractivity contribution in [1.29, 1.82) is 0 Å². The lowest BCUT2D eigenvalue weighted by molar-refractivity contribution is 0.176. The zero-order valence-electron chi connectivity index (χ0n) is 10.8. The van der Waals surface area contributed by atoms with Gasteiger partial charge in [-0.1, -0.05) is 30.3 Å². The second kappa shape index (κ2) is 5.77. The molecule has 0 N–H and O–H groups in total. The molecule has 0 aliphatic rings. The van der Waals surface area contributed by atoms with Crippen LogP contribution in [0.4, 0.5) is 0 Å². The predicted octanol–water partition coefficient (Wildman–Crippen LogP) is 3.73. The molecular weight excluding hydrogens is 232 g/mol. The first kappa shape index (κ1) is 13.6. The minimum Gasteiger partial charge on any atom is -0.436 e. The molecule has 1 aromatic rings. The Kier molecular flexibility index (Phi) is 4.92. The molecule has 89 valence electrons. The van der Waals surface area contributed by atoms with Crippen LogP contribution in [0.5, 0.6) is 0 Å². The second-order valence-corrected chi connectivity index (χ2v) is 10.2. The summed E-state index contributed by atoms with van der Waals surface area (Å²) >= 11 is 0. The number of benzene rings is 1. The van der Waals surface area contributed by atoms with E-state index in [1.807, 2.05) is 18.2 Å². The summed E-state index contributed by atoms with van der Waals surface area (Å²) in [4.78, 5) is 0. The van der Waals surface area contributed by atoms with Crippen molar-refractivity contribution in [1.82, 2.24) is 0 Å². The fraction of sp³-hybridized carbons (Fsp3) is 0.500. The molecule has 0 spiro atoms. The zero-order valence-corrected chi connectivity index (χ0v) is 12.8. The Morgan fingerprint density at radius 3 is 2.19 bits per heavy atom. The van der Waals surface area contributed by atoms with Gasteiger partial charge in [0.1, 0.15) is 0 Å². The predicted molar refractivity (Wildman–Crippen MR) is 72.0 cm³/mol. The van der Waals surface area contributed by atoms with Gasteiger partial charge in [0, 0.05) is 0 Å². The van der Waals surface area contributed by atoms with Gasteiger partial charge in [0.05, 0.1) is 6.10 Å². The third kappa shape index (κ3) is 4.61. The average molecular weight is 253 g/mol. The first-order chi connectivity index (χ1) is 7.41. The molecule has 1 radical (unpaired) electrons. The standard InChI is InChI=1S/C12H21O2Si2/c1-11(12-9-7-6-8-10-12)13-16(4,5)14-15(2)3/h6-11H,1-5H3. The first-order valence-corrected chi connectivity index (χ1v) is 10.8. The van der Waals surface area contributed by atoms with Gasteiger partial charge in [0.15, 0.2) is 9.04 Å². The van der Waals surface area contributed by atoms with Crippen LogP contribution in [0.3, 0.4) is 0 Å². The lowest BCUT2D eigenvalue weighted by atomic mass is 10.1. The number of hydrogen-bond acceptors (Lipinski definition) is 2. The van der Waals surface area contributed by atoms with Crippen LogP contribution in [0.1, 0.15) is 18.6 Å². The largest absolute Gasteiger partial charge is 0.436 e. The van der Waals surface area contributed by atoms with E-state index < -0.39 is 17.6 Å². The summed E-state index contributed by atoms with van der Waals surface area (Å²) in [6, 6.07) is 10.3. The highest BCUT2D eigenvalue weighted by Gasteiger charge is 2.28. The molecule has 4 heteroatoms. The molecule has 0 heterocycles. The van der Waals surface area contributed by atoms with E-state index in [0.29, 0.717) is 0 Å². The molecule has 0 bridgehead atoms. The molecule has 0 amide bonds. The van der Waals surface area contributed by atoms with Crippen molar-refractivity contribution in [2.45, 2.75) is 39.2 Å². The van der Waals surface area contributed by atoms with Gasteiger partial charge < -0.3 is 8.54 Å². The molecule has 16 heavy (non-hydrogen) atoms. The van der Waals surface area contributed by atoms with Crippen LogP contribution < -0.4 is 0 Å². The van der Waals surface area contributed by atoms with E-state index in [1.54, 1.807) is 0 Å². The SMILES string of the molecule is CC(O[Si](C)(C)O[Si](C)C)c1ccccc1. The number of rotatable bonds is 5. The van der Waals surface area contributed by atoms with Crippen LogP contribution in [0, 0.1) is 0 Å². The van der Waals surface area contributed by atoms with Crippen molar-refractivity contribution in [2.75, 3.05) is 0 Å². The highest BCUT2D eigenvalue weighted by Crippen LogP contribution is 2.22. The summed E-state index contributed by atoms with van der Waals surface area (Å²) in [6.45, 7) is 10.6. The third-order valence-electron chi connectivity index (χ3n) is 2.18.